The van der Waals surface area contributed by atoms with Gasteiger partial charge in [-0.3, -0.25) is 4.79 Å². The van der Waals surface area contributed by atoms with Crippen LogP contribution in [0.5, 0.6) is 0 Å². The molecule has 1 aromatic heterocycles. The second-order valence-electron chi connectivity index (χ2n) is 5.44. The first kappa shape index (κ1) is 13.0. The highest BCUT2D eigenvalue weighted by Crippen LogP contribution is 2.23. The van der Waals surface area contributed by atoms with Crippen LogP contribution in [0.2, 0.25) is 0 Å². The minimum Gasteiger partial charge on any atom is -0.397 e. The van der Waals surface area contributed by atoms with Crippen molar-refractivity contribution in [3.8, 4) is 0 Å². The van der Waals surface area contributed by atoms with Crippen LogP contribution in [0.15, 0.2) is 24.3 Å². The summed E-state index contributed by atoms with van der Waals surface area (Å²) in [7, 11) is 0. The van der Waals surface area contributed by atoms with Crippen molar-refractivity contribution in [2.45, 2.75) is 12.8 Å². The average Bonchev–Trinajstić information content (AvgIpc) is 2.92. The quantitative estimate of drug-likeness (QED) is 0.727. The minimum atomic E-state index is -0.0150. The lowest BCUT2D eigenvalue weighted by atomic mass is 9.99. The lowest BCUT2D eigenvalue weighted by Crippen LogP contribution is -2.41. The summed E-state index contributed by atoms with van der Waals surface area (Å²) in [5.41, 5.74) is 7.93. The number of H-pyrrole nitrogens is 1. The highest BCUT2D eigenvalue weighted by molar-refractivity contribution is 6.00. The fraction of sp³-hybridized carbons (Fsp3) is 0.400. The lowest BCUT2D eigenvalue weighted by Gasteiger charge is -2.31. The molecule has 1 aliphatic rings. The molecule has 1 aliphatic heterocycles. The number of aromatic amines is 1. The number of rotatable bonds is 2. The standard InChI is InChI=1S/C15H19N3O2/c16-12-5-1-4-11-7-13(17-14(11)12)15(20)18-6-2-3-10(8-18)9-19/h1,4-5,7,10,17,19H,2-3,6,8-9,16H2. The number of carbonyl (C=O) groups excluding carboxylic acids is 1. The Morgan fingerprint density at radius 1 is 1.50 bits per heavy atom. The Bertz CT molecular complexity index is 635. The van der Waals surface area contributed by atoms with Crippen molar-refractivity contribution in [3.63, 3.8) is 0 Å². The smallest absolute Gasteiger partial charge is 0.270 e. The summed E-state index contributed by atoms with van der Waals surface area (Å²) in [4.78, 5) is 17.4. The summed E-state index contributed by atoms with van der Waals surface area (Å²) >= 11 is 0. The number of fused-ring (bicyclic) bond motifs is 1. The molecule has 20 heavy (non-hydrogen) atoms. The number of hydrogen-bond acceptors (Lipinski definition) is 3. The zero-order valence-corrected chi connectivity index (χ0v) is 11.3. The number of carbonyl (C=O) groups is 1. The van der Waals surface area contributed by atoms with Crippen molar-refractivity contribution < 1.29 is 9.90 Å². The van der Waals surface area contributed by atoms with Gasteiger partial charge in [0.2, 0.25) is 0 Å². The summed E-state index contributed by atoms with van der Waals surface area (Å²) in [6.07, 6.45) is 1.93. The number of amides is 1. The van der Waals surface area contributed by atoms with Gasteiger partial charge in [-0.25, -0.2) is 0 Å². The summed E-state index contributed by atoms with van der Waals surface area (Å²) < 4.78 is 0. The van der Waals surface area contributed by atoms with Gasteiger partial charge in [0.25, 0.3) is 5.91 Å². The monoisotopic (exact) mass is 273 g/mol. The predicted molar refractivity (Wildman–Crippen MR) is 78.4 cm³/mol. The van der Waals surface area contributed by atoms with E-state index in [9.17, 15) is 9.90 Å². The van der Waals surface area contributed by atoms with E-state index in [-0.39, 0.29) is 18.4 Å². The number of benzene rings is 1. The van der Waals surface area contributed by atoms with Crippen LogP contribution in [0.4, 0.5) is 5.69 Å². The molecule has 0 aliphatic carbocycles. The van der Waals surface area contributed by atoms with E-state index in [1.54, 1.807) is 0 Å². The number of likely N-dealkylation sites (tertiary alicyclic amines) is 1. The summed E-state index contributed by atoms with van der Waals surface area (Å²) in [5, 5.41) is 10.2. The molecule has 3 rings (SSSR count). The number of para-hydroxylation sites is 1. The van der Waals surface area contributed by atoms with Gasteiger partial charge in [-0.2, -0.15) is 0 Å². The van der Waals surface area contributed by atoms with Crippen molar-refractivity contribution in [1.29, 1.82) is 0 Å². The van der Waals surface area contributed by atoms with Gasteiger partial charge in [0.15, 0.2) is 0 Å². The van der Waals surface area contributed by atoms with Gasteiger partial charge in [0.1, 0.15) is 5.69 Å². The maximum atomic E-state index is 12.5. The Kier molecular flexibility index (Phi) is 3.36. The highest BCUT2D eigenvalue weighted by atomic mass is 16.3. The molecule has 1 saturated heterocycles. The SMILES string of the molecule is Nc1cccc2cc(C(=O)N3CCCC(CO)C3)[nH]c12. The Morgan fingerprint density at radius 2 is 2.35 bits per heavy atom. The normalized spacial score (nSPS) is 19.4. The van der Waals surface area contributed by atoms with E-state index < -0.39 is 0 Å². The zero-order chi connectivity index (χ0) is 14.1. The molecule has 0 bridgehead atoms. The second-order valence-corrected chi connectivity index (χ2v) is 5.44. The van der Waals surface area contributed by atoms with Gasteiger partial charge in [-0.15, -0.1) is 0 Å². The van der Waals surface area contributed by atoms with Crippen molar-refractivity contribution in [1.82, 2.24) is 9.88 Å². The molecule has 1 atom stereocenters. The Balaban J connectivity index is 1.86. The van der Waals surface area contributed by atoms with Crippen LogP contribution in [-0.2, 0) is 0 Å². The van der Waals surface area contributed by atoms with Crippen LogP contribution in [0.25, 0.3) is 10.9 Å². The number of aromatic nitrogens is 1. The molecular formula is C15H19N3O2. The first-order valence-corrected chi connectivity index (χ1v) is 6.96. The molecule has 1 aromatic carbocycles. The highest BCUT2D eigenvalue weighted by Gasteiger charge is 2.25. The van der Waals surface area contributed by atoms with Crippen molar-refractivity contribution in [2.24, 2.45) is 5.92 Å². The van der Waals surface area contributed by atoms with Crippen LogP contribution in [-0.4, -0.2) is 40.6 Å². The number of piperidine rings is 1. The summed E-state index contributed by atoms with van der Waals surface area (Å²) in [5.74, 6) is 0.181. The fourth-order valence-electron chi connectivity index (χ4n) is 2.86. The third-order valence-corrected chi connectivity index (χ3v) is 3.98. The molecule has 5 nitrogen and oxygen atoms in total. The molecule has 5 heteroatoms. The minimum absolute atomic E-state index is 0.0150. The van der Waals surface area contributed by atoms with Gasteiger partial charge < -0.3 is 20.7 Å². The Labute approximate surface area is 117 Å². The third-order valence-electron chi connectivity index (χ3n) is 3.98. The molecule has 4 N–H and O–H groups in total. The topological polar surface area (TPSA) is 82.3 Å². The number of nitrogen functional groups attached to an aromatic ring is 1. The van der Waals surface area contributed by atoms with E-state index >= 15 is 0 Å². The van der Waals surface area contributed by atoms with E-state index in [4.69, 9.17) is 5.73 Å². The van der Waals surface area contributed by atoms with Crippen molar-refractivity contribution in [2.75, 3.05) is 25.4 Å². The molecule has 1 amide bonds. The molecular weight excluding hydrogens is 254 g/mol. The Morgan fingerprint density at radius 3 is 3.10 bits per heavy atom. The molecule has 1 fully saturated rings. The number of aliphatic hydroxyl groups excluding tert-OH is 1. The van der Waals surface area contributed by atoms with Crippen LogP contribution in [0.3, 0.4) is 0 Å². The number of aliphatic hydroxyl groups is 1. The first-order valence-electron chi connectivity index (χ1n) is 6.96. The number of nitrogens with two attached hydrogens (primary N) is 1. The molecule has 0 spiro atoms. The van der Waals surface area contributed by atoms with Crippen LogP contribution < -0.4 is 5.73 Å². The van der Waals surface area contributed by atoms with Crippen molar-refractivity contribution >= 4 is 22.5 Å². The van der Waals surface area contributed by atoms with E-state index in [2.05, 4.69) is 4.98 Å². The second kappa shape index (κ2) is 5.17. The van der Waals surface area contributed by atoms with Gasteiger partial charge in [0.05, 0.1) is 11.2 Å². The van der Waals surface area contributed by atoms with Crippen LogP contribution in [0.1, 0.15) is 23.3 Å². The Hall–Kier alpha value is -2.01. The predicted octanol–water partition coefficient (Wildman–Crippen LogP) is 1.59. The largest absolute Gasteiger partial charge is 0.397 e. The van der Waals surface area contributed by atoms with E-state index in [0.717, 1.165) is 30.3 Å². The number of anilines is 1. The molecule has 1 unspecified atom stereocenters. The number of hydrogen-bond donors (Lipinski definition) is 3. The third kappa shape index (κ3) is 2.25. The molecule has 0 radical (unpaired) electrons. The molecule has 2 aromatic rings. The molecule has 2 heterocycles. The summed E-state index contributed by atoms with van der Waals surface area (Å²) in [6, 6.07) is 7.47. The zero-order valence-electron chi connectivity index (χ0n) is 11.3. The molecule has 0 saturated carbocycles. The van der Waals surface area contributed by atoms with Gasteiger partial charge in [0, 0.05) is 25.1 Å². The number of nitrogens with zero attached hydrogens (tertiary/aromatic N) is 1. The average molecular weight is 273 g/mol. The maximum absolute atomic E-state index is 12.5. The van der Waals surface area contributed by atoms with Crippen LogP contribution in [0, 0.1) is 5.92 Å². The van der Waals surface area contributed by atoms with Crippen LogP contribution >= 0.6 is 0 Å². The molecule has 106 valence electrons. The summed E-state index contributed by atoms with van der Waals surface area (Å²) in [6.45, 7) is 1.52. The lowest BCUT2D eigenvalue weighted by molar-refractivity contribution is 0.0616. The van der Waals surface area contributed by atoms with Gasteiger partial charge >= 0.3 is 0 Å². The van der Waals surface area contributed by atoms with Crippen molar-refractivity contribution in [3.05, 3.63) is 30.0 Å². The maximum Gasteiger partial charge on any atom is 0.270 e. The van der Waals surface area contributed by atoms with Gasteiger partial charge in [-0.05, 0) is 30.9 Å². The number of nitrogens with one attached hydrogen (secondary N) is 1. The fourth-order valence-corrected chi connectivity index (χ4v) is 2.86. The van der Waals surface area contributed by atoms with E-state index in [0.29, 0.717) is 17.9 Å². The van der Waals surface area contributed by atoms with Gasteiger partial charge in [-0.1, -0.05) is 12.1 Å². The first-order chi connectivity index (χ1) is 9.69. The van der Waals surface area contributed by atoms with E-state index in [1.165, 1.54) is 0 Å². The van der Waals surface area contributed by atoms with E-state index in [1.807, 2.05) is 29.2 Å².